The average molecular weight is 217 g/mol. The standard InChI is InChI=1S/C13H15NO2/c15-13(16)11-5-6-12(11)14-7-9-3-1-2-4-10(9)8-14/h1-4,11-12H,5-8H2,(H,15,16). The summed E-state index contributed by atoms with van der Waals surface area (Å²) in [5.41, 5.74) is 2.72. The first kappa shape index (κ1) is 9.85. The zero-order chi connectivity index (χ0) is 11.1. The molecule has 3 heteroatoms. The van der Waals surface area contributed by atoms with E-state index in [0.29, 0.717) is 0 Å². The number of benzene rings is 1. The van der Waals surface area contributed by atoms with Gasteiger partial charge in [0.15, 0.2) is 0 Å². The van der Waals surface area contributed by atoms with Gasteiger partial charge in [-0.15, -0.1) is 0 Å². The number of fused-ring (bicyclic) bond motifs is 1. The van der Waals surface area contributed by atoms with Crippen LogP contribution in [-0.4, -0.2) is 22.0 Å². The lowest BCUT2D eigenvalue weighted by Crippen LogP contribution is -2.47. The highest BCUT2D eigenvalue weighted by Crippen LogP contribution is 2.37. The van der Waals surface area contributed by atoms with Crippen LogP contribution in [-0.2, 0) is 17.9 Å². The minimum Gasteiger partial charge on any atom is -0.481 e. The van der Waals surface area contributed by atoms with Gasteiger partial charge >= 0.3 is 5.97 Å². The second-order valence-corrected chi connectivity index (χ2v) is 4.76. The maximum absolute atomic E-state index is 11.0. The van der Waals surface area contributed by atoms with Crippen molar-refractivity contribution in [3.63, 3.8) is 0 Å². The molecule has 0 spiro atoms. The van der Waals surface area contributed by atoms with Gasteiger partial charge in [0.25, 0.3) is 0 Å². The van der Waals surface area contributed by atoms with Crippen LogP contribution in [0.3, 0.4) is 0 Å². The molecule has 1 aliphatic heterocycles. The van der Waals surface area contributed by atoms with E-state index in [1.54, 1.807) is 0 Å². The van der Waals surface area contributed by atoms with Gasteiger partial charge in [0.05, 0.1) is 5.92 Å². The highest BCUT2D eigenvalue weighted by atomic mass is 16.4. The van der Waals surface area contributed by atoms with Gasteiger partial charge in [-0.3, -0.25) is 9.69 Å². The number of hydrogen-bond acceptors (Lipinski definition) is 2. The zero-order valence-corrected chi connectivity index (χ0v) is 9.10. The van der Waals surface area contributed by atoms with Crippen LogP contribution in [0.4, 0.5) is 0 Å². The van der Waals surface area contributed by atoms with E-state index in [9.17, 15) is 4.79 Å². The number of carboxylic acid groups (broad SMARTS) is 1. The quantitative estimate of drug-likeness (QED) is 0.822. The molecule has 1 aliphatic carbocycles. The van der Waals surface area contributed by atoms with E-state index >= 15 is 0 Å². The maximum Gasteiger partial charge on any atom is 0.308 e. The first-order chi connectivity index (χ1) is 7.75. The molecule has 1 aromatic rings. The summed E-state index contributed by atoms with van der Waals surface area (Å²) in [5, 5.41) is 9.05. The van der Waals surface area contributed by atoms with Crippen molar-refractivity contribution < 1.29 is 9.90 Å². The third-order valence-corrected chi connectivity index (χ3v) is 3.89. The molecule has 0 bridgehead atoms. The van der Waals surface area contributed by atoms with E-state index in [1.165, 1.54) is 11.1 Å². The van der Waals surface area contributed by atoms with Crippen LogP contribution >= 0.6 is 0 Å². The highest BCUT2D eigenvalue weighted by molar-refractivity contribution is 5.72. The van der Waals surface area contributed by atoms with Gasteiger partial charge in [-0.2, -0.15) is 0 Å². The van der Waals surface area contributed by atoms with E-state index in [-0.39, 0.29) is 12.0 Å². The van der Waals surface area contributed by atoms with Crippen LogP contribution in [0.5, 0.6) is 0 Å². The van der Waals surface area contributed by atoms with Crippen LogP contribution in [0.15, 0.2) is 24.3 Å². The molecule has 0 saturated heterocycles. The Morgan fingerprint density at radius 1 is 1.19 bits per heavy atom. The lowest BCUT2D eigenvalue weighted by molar-refractivity contribution is -0.149. The zero-order valence-electron chi connectivity index (χ0n) is 9.10. The van der Waals surface area contributed by atoms with Gasteiger partial charge in [-0.05, 0) is 24.0 Å². The molecule has 3 rings (SSSR count). The molecule has 1 fully saturated rings. The summed E-state index contributed by atoms with van der Waals surface area (Å²) in [5.74, 6) is -0.776. The number of aliphatic carboxylic acids is 1. The van der Waals surface area contributed by atoms with E-state index in [1.807, 2.05) is 0 Å². The van der Waals surface area contributed by atoms with Crippen LogP contribution in [0.2, 0.25) is 0 Å². The molecule has 1 N–H and O–H groups in total. The first-order valence-corrected chi connectivity index (χ1v) is 5.79. The van der Waals surface area contributed by atoms with Gasteiger partial charge < -0.3 is 5.11 Å². The third-order valence-electron chi connectivity index (χ3n) is 3.89. The molecule has 1 saturated carbocycles. The second kappa shape index (κ2) is 3.59. The summed E-state index contributed by atoms with van der Waals surface area (Å²) in [6, 6.07) is 8.65. The van der Waals surface area contributed by atoms with E-state index in [2.05, 4.69) is 29.2 Å². The molecule has 16 heavy (non-hydrogen) atoms. The van der Waals surface area contributed by atoms with Crippen molar-refractivity contribution in [2.75, 3.05) is 0 Å². The smallest absolute Gasteiger partial charge is 0.308 e. The summed E-state index contributed by atoms with van der Waals surface area (Å²) in [6.07, 6.45) is 1.87. The molecule has 1 aromatic carbocycles. The number of nitrogens with zero attached hydrogens (tertiary/aromatic N) is 1. The molecular weight excluding hydrogens is 202 g/mol. The fourth-order valence-corrected chi connectivity index (χ4v) is 2.80. The largest absolute Gasteiger partial charge is 0.481 e. The van der Waals surface area contributed by atoms with Crippen molar-refractivity contribution in [2.45, 2.75) is 32.0 Å². The molecule has 0 radical (unpaired) electrons. The number of carboxylic acids is 1. The Balaban J connectivity index is 1.74. The molecule has 2 atom stereocenters. The maximum atomic E-state index is 11.0. The van der Waals surface area contributed by atoms with Gasteiger partial charge in [0.2, 0.25) is 0 Å². The van der Waals surface area contributed by atoms with E-state index in [4.69, 9.17) is 5.11 Å². The Morgan fingerprint density at radius 2 is 1.81 bits per heavy atom. The van der Waals surface area contributed by atoms with Gasteiger partial charge in [0, 0.05) is 19.1 Å². The summed E-state index contributed by atoms with van der Waals surface area (Å²) in [6.45, 7) is 1.84. The van der Waals surface area contributed by atoms with Crippen LogP contribution < -0.4 is 0 Å². The number of rotatable bonds is 2. The van der Waals surface area contributed by atoms with Crippen LogP contribution in [0.25, 0.3) is 0 Å². The summed E-state index contributed by atoms with van der Waals surface area (Å²) in [4.78, 5) is 13.3. The molecule has 2 unspecified atom stereocenters. The topological polar surface area (TPSA) is 40.5 Å². The van der Waals surface area contributed by atoms with Crippen molar-refractivity contribution in [2.24, 2.45) is 5.92 Å². The van der Waals surface area contributed by atoms with Crippen molar-refractivity contribution >= 4 is 5.97 Å². The minimum atomic E-state index is -0.632. The molecule has 2 aliphatic rings. The predicted octanol–water partition coefficient (Wildman–Crippen LogP) is 1.87. The Labute approximate surface area is 94.7 Å². The normalized spacial score (nSPS) is 28.5. The predicted molar refractivity (Wildman–Crippen MR) is 59.8 cm³/mol. The van der Waals surface area contributed by atoms with Gasteiger partial charge in [-0.25, -0.2) is 0 Å². The minimum absolute atomic E-state index is 0.144. The fraction of sp³-hybridized carbons (Fsp3) is 0.462. The molecule has 1 heterocycles. The summed E-state index contributed by atoms with van der Waals surface area (Å²) in [7, 11) is 0. The van der Waals surface area contributed by atoms with Crippen LogP contribution in [0, 0.1) is 5.92 Å². The summed E-state index contributed by atoms with van der Waals surface area (Å²) < 4.78 is 0. The summed E-state index contributed by atoms with van der Waals surface area (Å²) >= 11 is 0. The Morgan fingerprint density at radius 3 is 2.25 bits per heavy atom. The van der Waals surface area contributed by atoms with Crippen LogP contribution in [0.1, 0.15) is 24.0 Å². The molecular formula is C13H15NO2. The molecule has 84 valence electrons. The Bertz CT molecular complexity index is 405. The van der Waals surface area contributed by atoms with Gasteiger partial charge in [0.1, 0.15) is 0 Å². The number of hydrogen-bond donors (Lipinski definition) is 1. The Hall–Kier alpha value is -1.35. The van der Waals surface area contributed by atoms with Crippen molar-refractivity contribution in [3.05, 3.63) is 35.4 Å². The van der Waals surface area contributed by atoms with E-state index < -0.39 is 5.97 Å². The second-order valence-electron chi connectivity index (χ2n) is 4.76. The third kappa shape index (κ3) is 1.43. The van der Waals surface area contributed by atoms with Crippen molar-refractivity contribution in [1.29, 1.82) is 0 Å². The van der Waals surface area contributed by atoms with Crippen molar-refractivity contribution in [3.8, 4) is 0 Å². The molecule has 0 aromatic heterocycles. The van der Waals surface area contributed by atoms with Crippen molar-refractivity contribution in [1.82, 2.24) is 4.90 Å². The SMILES string of the molecule is O=C(O)C1CCC1N1Cc2ccccc2C1. The lowest BCUT2D eigenvalue weighted by atomic mass is 9.78. The molecule has 3 nitrogen and oxygen atoms in total. The lowest BCUT2D eigenvalue weighted by Gasteiger charge is -2.40. The Kier molecular flexibility index (Phi) is 2.21. The van der Waals surface area contributed by atoms with Gasteiger partial charge in [-0.1, -0.05) is 24.3 Å². The van der Waals surface area contributed by atoms with E-state index in [0.717, 1.165) is 25.9 Å². The highest BCUT2D eigenvalue weighted by Gasteiger charge is 2.41. The average Bonchev–Trinajstić information content (AvgIpc) is 2.57. The first-order valence-electron chi connectivity index (χ1n) is 5.79. The fourth-order valence-electron chi connectivity index (χ4n) is 2.80. The molecule has 0 amide bonds. The monoisotopic (exact) mass is 217 g/mol. The number of carbonyl (C=O) groups is 1.